The van der Waals surface area contributed by atoms with E-state index >= 15 is 0 Å². The fourth-order valence-electron chi connectivity index (χ4n) is 2.65. The van der Waals surface area contributed by atoms with E-state index < -0.39 is 0 Å². The zero-order valence-electron chi connectivity index (χ0n) is 10.8. The second kappa shape index (κ2) is 5.13. The summed E-state index contributed by atoms with van der Waals surface area (Å²) < 4.78 is 0.854. The highest BCUT2D eigenvalue weighted by Crippen LogP contribution is 2.28. The highest BCUT2D eigenvalue weighted by Gasteiger charge is 2.32. The van der Waals surface area contributed by atoms with Gasteiger partial charge in [0.25, 0.3) is 5.91 Å². The lowest BCUT2D eigenvalue weighted by Gasteiger charge is -2.34. The Morgan fingerprint density at radius 2 is 1.84 bits per heavy atom. The van der Waals surface area contributed by atoms with Crippen LogP contribution in [-0.2, 0) is 0 Å². The van der Waals surface area contributed by atoms with E-state index in [9.17, 15) is 4.79 Å². The van der Waals surface area contributed by atoms with Crippen molar-refractivity contribution >= 4 is 27.5 Å². The molecule has 0 bridgehead atoms. The number of nitrogens with zero attached hydrogens (tertiary/aromatic N) is 2. The van der Waals surface area contributed by atoms with E-state index in [1.807, 2.05) is 17.0 Å². The molecule has 1 heterocycles. The van der Waals surface area contributed by atoms with E-state index in [0.29, 0.717) is 11.3 Å². The van der Waals surface area contributed by atoms with Gasteiger partial charge in [-0.05, 0) is 31.0 Å². The number of carbonyl (C=O) groups excluding carboxylic acids is 1. The van der Waals surface area contributed by atoms with Gasteiger partial charge >= 0.3 is 0 Å². The highest BCUT2D eigenvalue weighted by molar-refractivity contribution is 9.10. The smallest absolute Gasteiger partial charge is 0.254 e. The second-order valence-corrected chi connectivity index (χ2v) is 6.25. The van der Waals surface area contributed by atoms with Gasteiger partial charge in [0.2, 0.25) is 0 Å². The summed E-state index contributed by atoms with van der Waals surface area (Å²) in [6.07, 6.45) is 2.66. The Morgan fingerprint density at radius 1 is 1.16 bits per heavy atom. The number of nitrogens with two attached hydrogens (primary N) is 1. The van der Waals surface area contributed by atoms with Crippen LogP contribution >= 0.6 is 15.9 Å². The maximum absolute atomic E-state index is 12.4. The monoisotopic (exact) mass is 323 g/mol. The molecule has 1 aliphatic heterocycles. The molecule has 2 aliphatic rings. The number of halogens is 1. The van der Waals surface area contributed by atoms with E-state index in [2.05, 4.69) is 20.8 Å². The molecule has 2 fully saturated rings. The van der Waals surface area contributed by atoms with Gasteiger partial charge in [-0.1, -0.05) is 15.9 Å². The molecule has 0 spiro atoms. The summed E-state index contributed by atoms with van der Waals surface area (Å²) in [4.78, 5) is 16.9. The van der Waals surface area contributed by atoms with Gasteiger partial charge in [0.1, 0.15) is 0 Å². The molecule has 2 N–H and O–H groups in total. The average Bonchev–Trinajstić information content (AvgIpc) is 3.21. The molecule has 0 atom stereocenters. The van der Waals surface area contributed by atoms with Crippen molar-refractivity contribution in [3.63, 3.8) is 0 Å². The molecule has 0 unspecified atom stereocenters. The highest BCUT2D eigenvalue weighted by atomic mass is 79.9. The lowest BCUT2D eigenvalue weighted by Crippen LogP contribution is -2.49. The molecule has 0 radical (unpaired) electrons. The first-order valence-corrected chi connectivity index (χ1v) is 7.52. The molecule has 3 rings (SSSR count). The van der Waals surface area contributed by atoms with Gasteiger partial charge in [0.15, 0.2) is 0 Å². The average molecular weight is 324 g/mol. The summed E-state index contributed by atoms with van der Waals surface area (Å²) in [5.41, 5.74) is 7.08. The predicted molar refractivity (Wildman–Crippen MR) is 79.1 cm³/mol. The zero-order chi connectivity index (χ0) is 13.4. The summed E-state index contributed by atoms with van der Waals surface area (Å²) in [6, 6.07) is 6.19. The van der Waals surface area contributed by atoms with Crippen LogP contribution in [-0.4, -0.2) is 47.9 Å². The normalized spacial score (nSPS) is 20.6. The third-order valence-electron chi connectivity index (χ3n) is 3.83. The van der Waals surface area contributed by atoms with Crippen molar-refractivity contribution in [1.82, 2.24) is 9.80 Å². The molecule has 102 valence electrons. The molecule has 1 aromatic carbocycles. The van der Waals surface area contributed by atoms with Crippen LogP contribution in [0, 0.1) is 0 Å². The van der Waals surface area contributed by atoms with Crippen molar-refractivity contribution < 1.29 is 4.79 Å². The number of piperazine rings is 1. The number of anilines is 1. The van der Waals surface area contributed by atoms with Crippen LogP contribution in [0.15, 0.2) is 22.7 Å². The van der Waals surface area contributed by atoms with E-state index in [-0.39, 0.29) is 5.91 Å². The van der Waals surface area contributed by atoms with Crippen molar-refractivity contribution in [2.75, 3.05) is 31.9 Å². The molecule has 1 saturated heterocycles. The Kier molecular flexibility index (Phi) is 3.50. The first kappa shape index (κ1) is 12.9. The Hall–Kier alpha value is -1.07. The van der Waals surface area contributed by atoms with Gasteiger partial charge in [0.05, 0.1) is 0 Å². The van der Waals surface area contributed by atoms with Gasteiger partial charge in [0, 0.05) is 47.9 Å². The third-order valence-corrected chi connectivity index (χ3v) is 4.29. The first-order valence-electron chi connectivity index (χ1n) is 6.73. The SMILES string of the molecule is Nc1cc(Br)cc(C(=O)N2CCN(C3CC3)CC2)c1. The van der Waals surface area contributed by atoms with Crippen LogP contribution in [0.2, 0.25) is 0 Å². The number of rotatable bonds is 2. The maximum atomic E-state index is 12.4. The molecule has 1 aromatic rings. The minimum Gasteiger partial charge on any atom is -0.399 e. The Balaban J connectivity index is 1.67. The zero-order valence-corrected chi connectivity index (χ0v) is 12.4. The summed E-state index contributed by atoms with van der Waals surface area (Å²) in [6.45, 7) is 3.64. The van der Waals surface area contributed by atoms with Crippen LogP contribution in [0.4, 0.5) is 5.69 Å². The number of hydrogen-bond donors (Lipinski definition) is 1. The molecule has 1 saturated carbocycles. The lowest BCUT2D eigenvalue weighted by molar-refractivity contribution is 0.0627. The fourth-order valence-corrected chi connectivity index (χ4v) is 3.16. The molecule has 1 amide bonds. The second-order valence-electron chi connectivity index (χ2n) is 5.33. The van der Waals surface area contributed by atoms with Crippen molar-refractivity contribution in [3.05, 3.63) is 28.2 Å². The van der Waals surface area contributed by atoms with Crippen LogP contribution in [0.5, 0.6) is 0 Å². The Bertz CT molecular complexity index is 473. The summed E-state index contributed by atoms with van der Waals surface area (Å²) >= 11 is 3.38. The van der Waals surface area contributed by atoms with Gasteiger partial charge in [-0.25, -0.2) is 0 Å². The molecule has 1 aliphatic carbocycles. The van der Waals surface area contributed by atoms with Gasteiger partial charge < -0.3 is 10.6 Å². The molecular formula is C14H18BrN3O. The van der Waals surface area contributed by atoms with Crippen LogP contribution in [0.1, 0.15) is 23.2 Å². The van der Waals surface area contributed by atoms with Crippen LogP contribution in [0.3, 0.4) is 0 Å². The number of carbonyl (C=O) groups is 1. The quantitative estimate of drug-likeness (QED) is 0.846. The number of benzene rings is 1. The number of amides is 1. The molecule has 4 nitrogen and oxygen atoms in total. The molecule has 5 heteroatoms. The lowest BCUT2D eigenvalue weighted by atomic mass is 10.1. The fraction of sp³-hybridized carbons (Fsp3) is 0.500. The van der Waals surface area contributed by atoms with Crippen molar-refractivity contribution in [2.24, 2.45) is 0 Å². The maximum Gasteiger partial charge on any atom is 0.254 e. The molecular weight excluding hydrogens is 306 g/mol. The minimum atomic E-state index is 0.0865. The van der Waals surface area contributed by atoms with Gasteiger partial charge in [-0.15, -0.1) is 0 Å². The number of nitrogen functional groups attached to an aromatic ring is 1. The number of hydrogen-bond acceptors (Lipinski definition) is 3. The van der Waals surface area contributed by atoms with Crippen molar-refractivity contribution in [2.45, 2.75) is 18.9 Å². The summed E-state index contributed by atoms with van der Waals surface area (Å²) in [5.74, 6) is 0.0865. The first-order chi connectivity index (χ1) is 9.13. The van der Waals surface area contributed by atoms with Crippen LogP contribution in [0.25, 0.3) is 0 Å². The minimum absolute atomic E-state index is 0.0865. The van der Waals surface area contributed by atoms with Gasteiger partial charge in [-0.2, -0.15) is 0 Å². The van der Waals surface area contributed by atoms with Gasteiger partial charge in [-0.3, -0.25) is 9.69 Å². The Labute approximate surface area is 121 Å². The van der Waals surface area contributed by atoms with Crippen molar-refractivity contribution in [3.8, 4) is 0 Å². The van der Waals surface area contributed by atoms with Crippen LogP contribution < -0.4 is 5.73 Å². The predicted octanol–water partition coefficient (Wildman–Crippen LogP) is 1.95. The standard InChI is InChI=1S/C14H18BrN3O/c15-11-7-10(8-12(16)9-11)14(19)18-5-3-17(4-6-18)13-1-2-13/h7-9,13H,1-6,16H2. The molecule has 0 aromatic heterocycles. The summed E-state index contributed by atoms with van der Waals surface area (Å²) in [5, 5.41) is 0. The largest absolute Gasteiger partial charge is 0.399 e. The van der Waals surface area contributed by atoms with Crippen molar-refractivity contribution in [1.29, 1.82) is 0 Å². The third kappa shape index (κ3) is 2.92. The van der Waals surface area contributed by atoms with E-state index in [1.54, 1.807) is 6.07 Å². The van der Waals surface area contributed by atoms with E-state index in [0.717, 1.165) is 36.7 Å². The molecule has 19 heavy (non-hydrogen) atoms. The topological polar surface area (TPSA) is 49.6 Å². The Morgan fingerprint density at radius 3 is 2.42 bits per heavy atom. The van der Waals surface area contributed by atoms with E-state index in [4.69, 9.17) is 5.73 Å². The summed E-state index contributed by atoms with van der Waals surface area (Å²) in [7, 11) is 0. The van der Waals surface area contributed by atoms with E-state index in [1.165, 1.54) is 12.8 Å².